The fraction of sp³-hybridized carbons (Fsp3) is 1.00. The second-order valence-corrected chi connectivity index (χ2v) is 5.15. The van der Waals surface area contributed by atoms with Crippen LogP contribution in [0.4, 0.5) is 0 Å². The zero-order chi connectivity index (χ0) is 13.9. The van der Waals surface area contributed by atoms with Gasteiger partial charge in [0, 0.05) is 25.5 Å². The zero-order valence-electron chi connectivity index (χ0n) is 11.5. The predicted octanol–water partition coefficient (Wildman–Crippen LogP) is 3.54. The number of aliphatic hydroxyl groups is 1. The first kappa shape index (κ1) is 18.5. The summed E-state index contributed by atoms with van der Waals surface area (Å²) in [4.78, 5) is 0. The van der Waals surface area contributed by atoms with Crippen LogP contribution in [0.3, 0.4) is 0 Å². The standard InChI is InChI=1S/C13H26Cl2O3/c1-3-9-17-12(18-10-4-2)5-6-13(16,11-15)7-8-14/h12,16H,3-11H2,1-2H3. The molecular formula is C13H26Cl2O3. The smallest absolute Gasteiger partial charge is 0.157 e. The van der Waals surface area contributed by atoms with Gasteiger partial charge in [-0.2, -0.15) is 0 Å². The van der Waals surface area contributed by atoms with Crippen molar-refractivity contribution in [1.29, 1.82) is 0 Å². The first-order valence-corrected chi connectivity index (χ1v) is 7.76. The van der Waals surface area contributed by atoms with E-state index in [4.69, 9.17) is 32.7 Å². The Hall–Kier alpha value is 0.460. The minimum Gasteiger partial charge on any atom is -0.389 e. The fourth-order valence-corrected chi connectivity index (χ4v) is 2.15. The van der Waals surface area contributed by atoms with E-state index in [1.54, 1.807) is 0 Å². The Kier molecular flexibility index (Phi) is 11.6. The van der Waals surface area contributed by atoms with Crippen molar-refractivity contribution < 1.29 is 14.6 Å². The number of alkyl halides is 2. The maximum absolute atomic E-state index is 10.2. The van der Waals surface area contributed by atoms with Gasteiger partial charge in [0.05, 0.1) is 11.5 Å². The lowest BCUT2D eigenvalue weighted by atomic mass is 9.97. The zero-order valence-corrected chi connectivity index (χ0v) is 13.0. The van der Waals surface area contributed by atoms with Crippen LogP contribution in [-0.2, 0) is 9.47 Å². The highest BCUT2D eigenvalue weighted by Crippen LogP contribution is 2.22. The molecule has 0 aromatic heterocycles. The maximum Gasteiger partial charge on any atom is 0.157 e. The van der Waals surface area contributed by atoms with E-state index in [0.29, 0.717) is 38.4 Å². The average molecular weight is 301 g/mol. The minimum atomic E-state index is -0.910. The van der Waals surface area contributed by atoms with Crippen molar-refractivity contribution in [3.05, 3.63) is 0 Å². The van der Waals surface area contributed by atoms with Crippen molar-refractivity contribution in [1.82, 2.24) is 0 Å². The summed E-state index contributed by atoms with van der Waals surface area (Å²) in [5, 5.41) is 10.2. The molecule has 0 aromatic carbocycles. The van der Waals surface area contributed by atoms with Crippen LogP contribution in [-0.4, -0.2) is 42.0 Å². The first-order chi connectivity index (χ1) is 8.61. The van der Waals surface area contributed by atoms with E-state index >= 15 is 0 Å². The van der Waals surface area contributed by atoms with Crippen LogP contribution in [0.25, 0.3) is 0 Å². The van der Waals surface area contributed by atoms with E-state index < -0.39 is 5.60 Å². The molecule has 0 aromatic rings. The lowest BCUT2D eigenvalue weighted by molar-refractivity contribution is -0.152. The molecule has 0 spiro atoms. The molecule has 1 N–H and O–H groups in total. The van der Waals surface area contributed by atoms with Crippen molar-refractivity contribution in [2.45, 2.75) is 57.8 Å². The van der Waals surface area contributed by atoms with E-state index in [1.165, 1.54) is 0 Å². The summed E-state index contributed by atoms with van der Waals surface area (Å²) in [5.41, 5.74) is -0.910. The maximum atomic E-state index is 10.2. The Morgan fingerprint density at radius 3 is 2.00 bits per heavy atom. The van der Waals surface area contributed by atoms with Crippen LogP contribution >= 0.6 is 23.2 Å². The molecule has 110 valence electrons. The monoisotopic (exact) mass is 300 g/mol. The molecule has 1 unspecified atom stereocenters. The number of hydrogen-bond donors (Lipinski definition) is 1. The van der Waals surface area contributed by atoms with Crippen molar-refractivity contribution in [2.75, 3.05) is 25.0 Å². The summed E-state index contributed by atoms with van der Waals surface area (Å²) >= 11 is 11.5. The van der Waals surface area contributed by atoms with Gasteiger partial charge in [-0.1, -0.05) is 13.8 Å². The van der Waals surface area contributed by atoms with Crippen molar-refractivity contribution in [3.63, 3.8) is 0 Å². The quantitative estimate of drug-likeness (QED) is 0.442. The Morgan fingerprint density at radius 1 is 1.06 bits per heavy atom. The summed E-state index contributed by atoms with van der Waals surface area (Å²) < 4.78 is 11.2. The van der Waals surface area contributed by atoms with Gasteiger partial charge >= 0.3 is 0 Å². The topological polar surface area (TPSA) is 38.7 Å². The highest BCUT2D eigenvalue weighted by atomic mass is 35.5. The SMILES string of the molecule is CCCOC(CCC(O)(CCl)CCCl)OCCC. The fourth-order valence-electron chi connectivity index (χ4n) is 1.53. The Bertz CT molecular complexity index is 185. The van der Waals surface area contributed by atoms with Gasteiger partial charge in [0.2, 0.25) is 0 Å². The highest BCUT2D eigenvalue weighted by molar-refractivity contribution is 6.19. The Balaban J connectivity index is 4.11. The largest absolute Gasteiger partial charge is 0.389 e. The predicted molar refractivity (Wildman–Crippen MR) is 76.5 cm³/mol. The molecule has 18 heavy (non-hydrogen) atoms. The van der Waals surface area contributed by atoms with E-state index in [2.05, 4.69) is 13.8 Å². The lowest BCUT2D eigenvalue weighted by Gasteiger charge is -2.27. The van der Waals surface area contributed by atoms with Gasteiger partial charge in [0.25, 0.3) is 0 Å². The molecule has 1 atom stereocenters. The molecule has 5 heteroatoms. The van der Waals surface area contributed by atoms with Crippen LogP contribution in [0.2, 0.25) is 0 Å². The third-order valence-corrected chi connectivity index (χ3v) is 3.36. The molecule has 0 amide bonds. The molecule has 0 saturated carbocycles. The molecule has 0 rings (SSSR count). The van der Waals surface area contributed by atoms with Crippen LogP contribution in [0.1, 0.15) is 46.0 Å². The first-order valence-electron chi connectivity index (χ1n) is 6.69. The van der Waals surface area contributed by atoms with Crippen molar-refractivity contribution in [3.8, 4) is 0 Å². The molecule has 0 radical (unpaired) electrons. The highest BCUT2D eigenvalue weighted by Gasteiger charge is 2.26. The third kappa shape index (κ3) is 8.54. The van der Waals surface area contributed by atoms with Crippen LogP contribution in [0.15, 0.2) is 0 Å². The second kappa shape index (κ2) is 11.3. The molecular weight excluding hydrogens is 275 g/mol. The summed E-state index contributed by atoms with van der Waals surface area (Å²) in [6, 6.07) is 0. The number of rotatable bonds is 12. The van der Waals surface area contributed by atoms with E-state index in [-0.39, 0.29) is 12.2 Å². The van der Waals surface area contributed by atoms with Gasteiger partial charge in [-0.3, -0.25) is 0 Å². The summed E-state index contributed by atoms with van der Waals surface area (Å²) in [7, 11) is 0. The molecule has 0 aliphatic carbocycles. The van der Waals surface area contributed by atoms with E-state index in [0.717, 1.165) is 12.8 Å². The molecule has 0 aliphatic rings. The molecule has 0 heterocycles. The average Bonchev–Trinajstić information content (AvgIpc) is 2.38. The normalized spacial score (nSPS) is 15.0. The van der Waals surface area contributed by atoms with Crippen LogP contribution in [0, 0.1) is 0 Å². The molecule has 0 saturated heterocycles. The Morgan fingerprint density at radius 2 is 1.61 bits per heavy atom. The van der Waals surface area contributed by atoms with E-state index in [9.17, 15) is 5.11 Å². The van der Waals surface area contributed by atoms with Crippen LogP contribution < -0.4 is 0 Å². The molecule has 0 bridgehead atoms. The van der Waals surface area contributed by atoms with Crippen LogP contribution in [0.5, 0.6) is 0 Å². The van der Waals surface area contributed by atoms with Gasteiger partial charge in [-0.05, 0) is 25.7 Å². The van der Waals surface area contributed by atoms with Crippen molar-refractivity contribution in [2.24, 2.45) is 0 Å². The third-order valence-electron chi connectivity index (χ3n) is 2.67. The van der Waals surface area contributed by atoms with Gasteiger partial charge in [-0.15, -0.1) is 23.2 Å². The van der Waals surface area contributed by atoms with Gasteiger partial charge in [0.1, 0.15) is 0 Å². The van der Waals surface area contributed by atoms with Gasteiger partial charge in [0.15, 0.2) is 6.29 Å². The number of halogens is 2. The lowest BCUT2D eigenvalue weighted by Crippen LogP contribution is -2.33. The number of hydrogen-bond acceptors (Lipinski definition) is 3. The Labute approximate surface area is 121 Å². The molecule has 3 nitrogen and oxygen atoms in total. The number of ether oxygens (including phenoxy) is 2. The summed E-state index contributed by atoms with van der Waals surface area (Å²) in [6.07, 6.45) is 3.32. The minimum absolute atomic E-state index is 0.188. The van der Waals surface area contributed by atoms with Gasteiger partial charge in [-0.25, -0.2) is 0 Å². The summed E-state index contributed by atoms with van der Waals surface area (Å²) in [5.74, 6) is 0.591. The molecule has 0 fully saturated rings. The van der Waals surface area contributed by atoms with Crippen molar-refractivity contribution >= 4 is 23.2 Å². The van der Waals surface area contributed by atoms with Gasteiger partial charge < -0.3 is 14.6 Å². The molecule has 0 aliphatic heterocycles. The second-order valence-electron chi connectivity index (χ2n) is 4.51. The van der Waals surface area contributed by atoms with E-state index in [1.807, 2.05) is 0 Å². The summed E-state index contributed by atoms with van der Waals surface area (Å²) in [6.45, 7) is 5.45.